The average Bonchev–Trinajstić information content (AvgIpc) is 2.81. The van der Waals surface area contributed by atoms with E-state index in [4.69, 9.17) is 5.11 Å². The lowest BCUT2D eigenvalue weighted by molar-refractivity contribution is -0.121. The van der Waals surface area contributed by atoms with Crippen LogP contribution in [0.3, 0.4) is 0 Å². The van der Waals surface area contributed by atoms with Crippen molar-refractivity contribution in [3.05, 3.63) is 24.3 Å². The molecule has 33 heavy (non-hydrogen) atoms. The van der Waals surface area contributed by atoms with Crippen LogP contribution in [0.2, 0.25) is 0 Å². The van der Waals surface area contributed by atoms with Crippen LogP contribution in [0.25, 0.3) is 0 Å². The number of aliphatic hydroxyl groups is 1. The topological polar surface area (TPSA) is 81.7 Å². The molecular formula is C27H51N3O3. The minimum absolute atomic E-state index is 0.111. The summed E-state index contributed by atoms with van der Waals surface area (Å²) in [6.45, 7) is 8.50. The molecule has 192 valence electrons. The Labute approximate surface area is 203 Å². The van der Waals surface area contributed by atoms with E-state index >= 15 is 0 Å². The van der Waals surface area contributed by atoms with Crippen LogP contribution in [0.15, 0.2) is 24.3 Å². The molecule has 0 radical (unpaired) electrons. The monoisotopic (exact) mass is 465 g/mol. The summed E-state index contributed by atoms with van der Waals surface area (Å²) in [6.07, 6.45) is 20.8. The van der Waals surface area contributed by atoms with E-state index in [0.29, 0.717) is 25.9 Å². The van der Waals surface area contributed by atoms with Crippen molar-refractivity contribution in [1.82, 2.24) is 15.5 Å². The zero-order valence-corrected chi connectivity index (χ0v) is 21.5. The van der Waals surface area contributed by atoms with E-state index in [1.165, 1.54) is 25.7 Å². The molecule has 2 amide bonds. The number of aliphatic hydroxyl groups excluding tert-OH is 1. The van der Waals surface area contributed by atoms with Crippen LogP contribution in [0.1, 0.15) is 97.3 Å². The van der Waals surface area contributed by atoms with Gasteiger partial charge in [0.05, 0.1) is 0 Å². The molecule has 0 aliphatic heterocycles. The van der Waals surface area contributed by atoms with Crippen LogP contribution in [-0.2, 0) is 9.59 Å². The minimum Gasteiger partial charge on any atom is -0.396 e. The van der Waals surface area contributed by atoms with E-state index in [1.807, 2.05) is 0 Å². The van der Waals surface area contributed by atoms with Gasteiger partial charge < -0.3 is 20.6 Å². The number of hydrogen-bond donors (Lipinski definition) is 3. The number of nitrogens with zero attached hydrogens (tertiary/aromatic N) is 1. The van der Waals surface area contributed by atoms with Gasteiger partial charge in [-0.1, -0.05) is 63.8 Å². The second-order valence-corrected chi connectivity index (χ2v) is 8.63. The Morgan fingerprint density at radius 1 is 0.667 bits per heavy atom. The fourth-order valence-electron chi connectivity index (χ4n) is 3.41. The molecule has 0 aromatic rings. The van der Waals surface area contributed by atoms with Gasteiger partial charge >= 0.3 is 0 Å². The molecule has 0 fully saturated rings. The lowest BCUT2D eigenvalue weighted by Gasteiger charge is -2.22. The third-order valence-corrected chi connectivity index (χ3v) is 5.44. The van der Waals surface area contributed by atoms with Gasteiger partial charge in [0.2, 0.25) is 11.8 Å². The molecular weight excluding hydrogens is 414 g/mol. The van der Waals surface area contributed by atoms with Crippen LogP contribution >= 0.6 is 0 Å². The van der Waals surface area contributed by atoms with Gasteiger partial charge in [0, 0.05) is 39.1 Å². The molecule has 0 unspecified atom stereocenters. The first-order valence-corrected chi connectivity index (χ1v) is 13.3. The number of hydrogen-bond acceptors (Lipinski definition) is 4. The molecule has 6 heteroatoms. The van der Waals surface area contributed by atoms with E-state index in [-0.39, 0.29) is 18.4 Å². The highest BCUT2D eigenvalue weighted by Crippen LogP contribution is 2.00. The van der Waals surface area contributed by atoms with Crippen LogP contribution in [0.5, 0.6) is 0 Å². The maximum Gasteiger partial charge on any atom is 0.220 e. The van der Waals surface area contributed by atoms with Crippen molar-refractivity contribution in [2.45, 2.75) is 97.3 Å². The molecule has 0 saturated carbocycles. The van der Waals surface area contributed by atoms with Crippen molar-refractivity contribution < 1.29 is 14.7 Å². The molecule has 0 bridgehead atoms. The largest absolute Gasteiger partial charge is 0.396 e. The fourth-order valence-corrected chi connectivity index (χ4v) is 3.41. The second kappa shape index (κ2) is 25.0. The van der Waals surface area contributed by atoms with E-state index in [2.05, 4.69) is 53.7 Å². The molecule has 0 rings (SSSR count). The molecule has 0 aliphatic rings. The van der Waals surface area contributed by atoms with E-state index in [0.717, 1.165) is 64.6 Å². The summed E-state index contributed by atoms with van der Waals surface area (Å²) in [4.78, 5) is 26.2. The van der Waals surface area contributed by atoms with Crippen molar-refractivity contribution in [1.29, 1.82) is 0 Å². The van der Waals surface area contributed by atoms with E-state index in [9.17, 15) is 9.59 Å². The summed E-state index contributed by atoms with van der Waals surface area (Å²) < 4.78 is 0. The van der Waals surface area contributed by atoms with Crippen LogP contribution in [-0.4, -0.2) is 61.2 Å². The maximum absolute atomic E-state index is 11.9. The summed E-state index contributed by atoms with van der Waals surface area (Å²) in [5, 5.41) is 15.2. The number of amides is 2. The number of nitrogens with one attached hydrogen (secondary N) is 2. The summed E-state index contributed by atoms with van der Waals surface area (Å²) in [5.74, 6) is 0.222. The Kier molecular flexibility index (Phi) is 23.7. The fraction of sp³-hybridized carbons (Fsp3) is 0.778. The number of rotatable bonds is 23. The molecule has 0 aromatic heterocycles. The third-order valence-electron chi connectivity index (χ3n) is 5.44. The predicted molar refractivity (Wildman–Crippen MR) is 139 cm³/mol. The summed E-state index contributed by atoms with van der Waals surface area (Å²) >= 11 is 0. The Hall–Kier alpha value is -1.66. The molecule has 0 spiro atoms. The van der Waals surface area contributed by atoms with Gasteiger partial charge in [-0.3, -0.25) is 9.59 Å². The Morgan fingerprint density at radius 2 is 1.09 bits per heavy atom. The Morgan fingerprint density at radius 3 is 1.52 bits per heavy atom. The Balaban J connectivity index is 3.89. The van der Waals surface area contributed by atoms with Gasteiger partial charge in [-0.15, -0.1) is 0 Å². The standard InChI is InChI=1S/C27H51N3O3/c1-3-5-7-9-11-13-18-26(32)28-20-15-22-30(24-17-25-31)23-16-21-29-27(33)19-14-12-10-8-6-4-2/h9-12,31H,3-8,13-25H2,1-2H3,(H,28,32)(H,29,33)/b11-9+,12-10+. The Bertz CT molecular complexity index is 479. The van der Waals surface area contributed by atoms with Crippen LogP contribution in [0.4, 0.5) is 0 Å². The lowest BCUT2D eigenvalue weighted by Crippen LogP contribution is -2.33. The van der Waals surface area contributed by atoms with Gasteiger partial charge in [-0.05, 0) is 58.0 Å². The zero-order valence-electron chi connectivity index (χ0n) is 21.5. The lowest BCUT2D eigenvalue weighted by atomic mass is 10.2. The average molecular weight is 466 g/mol. The highest BCUT2D eigenvalue weighted by molar-refractivity contribution is 5.76. The molecule has 0 saturated heterocycles. The smallest absolute Gasteiger partial charge is 0.220 e. The second-order valence-electron chi connectivity index (χ2n) is 8.63. The number of unbranched alkanes of at least 4 members (excludes halogenated alkanes) is 4. The van der Waals surface area contributed by atoms with Gasteiger partial charge in [-0.2, -0.15) is 0 Å². The van der Waals surface area contributed by atoms with Gasteiger partial charge in [0.1, 0.15) is 0 Å². The first-order valence-electron chi connectivity index (χ1n) is 13.3. The third kappa shape index (κ3) is 23.3. The normalized spacial score (nSPS) is 11.6. The molecule has 6 nitrogen and oxygen atoms in total. The number of carbonyl (C=O) groups excluding carboxylic acids is 2. The van der Waals surface area contributed by atoms with E-state index in [1.54, 1.807) is 0 Å². The molecule has 0 aliphatic carbocycles. The summed E-state index contributed by atoms with van der Waals surface area (Å²) in [7, 11) is 0. The minimum atomic E-state index is 0.111. The van der Waals surface area contributed by atoms with Gasteiger partial charge in [0.15, 0.2) is 0 Å². The molecule has 3 N–H and O–H groups in total. The quantitative estimate of drug-likeness (QED) is 0.150. The highest BCUT2D eigenvalue weighted by atomic mass is 16.3. The maximum atomic E-state index is 11.9. The first kappa shape index (κ1) is 31.3. The SMILES string of the molecule is CCCC/C=C/CCC(=O)NCCCN(CCCO)CCCNC(=O)CC/C=C/CCCC. The van der Waals surface area contributed by atoms with Crippen LogP contribution in [0, 0.1) is 0 Å². The van der Waals surface area contributed by atoms with Crippen molar-refractivity contribution >= 4 is 11.8 Å². The van der Waals surface area contributed by atoms with Gasteiger partial charge in [-0.25, -0.2) is 0 Å². The van der Waals surface area contributed by atoms with Gasteiger partial charge in [0.25, 0.3) is 0 Å². The van der Waals surface area contributed by atoms with Crippen LogP contribution < -0.4 is 10.6 Å². The highest BCUT2D eigenvalue weighted by Gasteiger charge is 2.06. The number of carbonyl (C=O) groups is 2. The number of allylic oxidation sites excluding steroid dienone is 4. The molecule has 0 aromatic carbocycles. The van der Waals surface area contributed by atoms with Crippen molar-refractivity contribution in [2.24, 2.45) is 0 Å². The van der Waals surface area contributed by atoms with Crippen molar-refractivity contribution in [3.63, 3.8) is 0 Å². The molecule has 0 atom stereocenters. The predicted octanol–water partition coefficient (Wildman–Crippen LogP) is 4.74. The van der Waals surface area contributed by atoms with Crippen molar-refractivity contribution in [3.8, 4) is 0 Å². The van der Waals surface area contributed by atoms with Crippen molar-refractivity contribution in [2.75, 3.05) is 39.3 Å². The first-order chi connectivity index (χ1) is 16.1. The zero-order chi connectivity index (χ0) is 24.4. The molecule has 0 heterocycles. The summed E-state index contributed by atoms with van der Waals surface area (Å²) in [5.41, 5.74) is 0. The summed E-state index contributed by atoms with van der Waals surface area (Å²) in [6, 6.07) is 0. The van der Waals surface area contributed by atoms with E-state index < -0.39 is 0 Å².